The summed E-state index contributed by atoms with van der Waals surface area (Å²) in [6, 6.07) is 10.9. The van der Waals surface area contributed by atoms with Crippen LogP contribution >= 0.6 is 11.3 Å². The SMILES string of the molecule is O=C(CN1C(=O)N[C@@]2(CCCc3sccc32)C1=O)NCc1ccccc1. The van der Waals surface area contributed by atoms with E-state index in [1.165, 1.54) is 0 Å². The van der Waals surface area contributed by atoms with Crippen LogP contribution < -0.4 is 10.6 Å². The molecule has 26 heavy (non-hydrogen) atoms. The quantitative estimate of drug-likeness (QED) is 0.811. The van der Waals surface area contributed by atoms with Crippen LogP contribution in [0.15, 0.2) is 41.8 Å². The lowest BCUT2D eigenvalue weighted by molar-refractivity contribution is -0.135. The number of nitrogens with zero attached hydrogens (tertiary/aromatic N) is 1. The molecule has 4 rings (SSSR count). The number of carbonyl (C=O) groups excluding carboxylic acids is 3. The van der Waals surface area contributed by atoms with Gasteiger partial charge < -0.3 is 10.6 Å². The third-order valence-corrected chi connectivity index (χ3v) is 5.95. The van der Waals surface area contributed by atoms with E-state index in [1.807, 2.05) is 41.8 Å². The van der Waals surface area contributed by atoms with Crippen LogP contribution in [0.25, 0.3) is 0 Å². The summed E-state index contributed by atoms with van der Waals surface area (Å²) in [5.74, 6) is -0.674. The maximum absolute atomic E-state index is 13.0. The van der Waals surface area contributed by atoms with Crippen LogP contribution in [0.5, 0.6) is 0 Å². The summed E-state index contributed by atoms with van der Waals surface area (Å²) in [6.45, 7) is 0.0991. The van der Waals surface area contributed by atoms with Crippen LogP contribution in [-0.4, -0.2) is 29.3 Å². The van der Waals surface area contributed by atoms with Gasteiger partial charge in [0.05, 0.1) is 0 Å². The van der Waals surface area contributed by atoms with E-state index in [1.54, 1.807) is 11.3 Å². The predicted molar refractivity (Wildman–Crippen MR) is 97.5 cm³/mol. The van der Waals surface area contributed by atoms with Gasteiger partial charge in [0, 0.05) is 17.0 Å². The van der Waals surface area contributed by atoms with Gasteiger partial charge in [0.1, 0.15) is 12.1 Å². The lowest BCUT2D eigenvalue weighted by Gasteiger charge is -2.31. The van der Waals surface area contributed by atoms with Gasteiger partial charge in [-0.15, -0.1) is 11.3 Å². The molecule has 1 aliphatic carbocycles. The monoisotopic (exact) mass is 369 g/mol. The fraction of sp³-hybridized carbons (Fsp3) is 0.316. The minimum Gasteiger partial charge on any atom is -0.350 e. The maximum Gasteiger partial charge on any atom is 0.325 e. The Kier molecular flexibility index (Phi) is 4.24. The highest BCUT2D eigenvalue weighted by Gasteiger charge is 2.54. The van der Waals surface area contributed by atoms with Crippen molar-refractivity contribution in [2.45, 2.75) is 31.3 Å². The first kappa shape index (κ1) is 16.8. The summed E-state index contributed by atoms with van der Waals surface area (Å²) in [7, 11) is 0. The number of nitrogens with one attached hydrogen (secondary N) is 2. The van der Waals surface area contributed by atoms with Crippen molar-refractivity contribution < 1.29 is 14.4 Å². The Labute approximate surface area is 155 Å². The summed E-state index contributed by atoms with van der Waals surface area (Å²) in [6.07, 6.45) is 2.34. The number of amides is 4. The fourth-order valence-electron chi connectivity index (χ4n) is 3.68. The van der Waals surface area contributed by atoms with Crippen molar-refractivity contribution in [3.05, 3.63) is 57.8 Å². The lowest BCUT2D eigenvalue weighted by Crippen LogP contribution is -2.46. The molecule has 1 saturated heterocycles. The number of urea groups is 1. The number of thiophene rings is 1. The molecule has 2 N–H and O–H groups in total. The number of carbonyl (C=O) groups is 3. The number of rotatable bonds is 4. The minimum atomic E-state index is -0.996. The van der Waals surface area contributed by atoms with Gasteiger partial charge in [-0.3, -0.25) is 14.5 Å². The Morgan fingerprint density at radius 3 is 2.85 bits per heavy atom. The molecule has 2 aromatic rings. The Hall–Kier alpha value is -2.67. The molecule has 1 fully saturated rings. The van der Waals surface area contributed by atoms with E-state index in [0.29, 0.717) is 13.0 Å². The molecule has 6 nitrogen and oxygen atoms in total. The Balaban J connectivity index is 1.46. The zero-order valence-electron chi connectivity index (χ0n) is 14.2. The smallest absolute Gasteiger partial charge is 0.325 e. The molecule has 1 spiro atoms. The van der Waals surface area contributed by atoms with Gasteiger partial charge in [0.2, 0.25) is 5.91 Å². The minimum absolute atomic E-state index is 0.265. The normalized spacial score (nSPS) is 21.6. The summed E-state index contributed by atoms with van der Waals surface area (Å²) in [4.78, 5) is 39.9. The first-order valence-corrected chi connectivity index (χ1v) is 9.50. The van der Waals surface area contributed by atoms with E-state index in [-0.39, 0.29) is 18.4 Å². The van der Waals surface area contributed by atoms with Crippen LogP contribution in [0.4, 0.5) is 4.79 Å². The van der Waals surface area contributed by atoms with Crippen molar-refractivity contribution in [3.8, 4) is 0 Å². The number of hydrogen-bond acceptors (Lipinski definition) is 4. The molecular formula is C19H19N3O3S. The van der Waals surface area contributed by atoms with Crippen LogP contribution in [0, 0.1) is 0 Å². The lowest BCUT2D eigenvalue weighted by atomic mass is 9.80. The van der Waals surface area contributed by atoms with Crippen LogP contribution in [0.2, 0.25) is 0 Å². The van der Waals surface area contributed by atoms with Crippen molar-refractivity contribution in [2.75, 3.05) is 6.54 Å². The third-order valence-electron chi connectivity index (χ3n) is 4.97. The number of aryl methyl sites for hydroxylation is 1. The summed E-state index contributed by atoms with van der Waals surface area (Å²) in [5.41, 5.74) is 0.855. The topological polar surface area (TPSA) is 78.5 Å². The van der Waals surface area contributed by atoms with E-state index in [9.17, 15) is 14.4 Å². The second-order valence-electron chi connectivity index (χ2n) is 6.60. The molecule has 1 atom stereocenters. The fourth-order valence-corrected chi connectivity index (χ4v) is 4.68. The van der Waals surface area contributed by atoms with Gasteiger partial charge in [-0.05, 0) is 36.3 Å². The van der Waals surface area contributed by atoms with Gasteiger partial charge in [0.15, 0.2) is 0 Å². The highest BCUT2D eigenvalue weighted by Crippen LogP contribution is 2.41. The van der Waals surface area contributed by atoms with E-state index in [2.05, 4.69) is 10.6 Å². The van der Waals surface area contributed by atoms with Crippen LogP contribution in [-0.2, 0) is 28.1 Å². The molecule has 1 aliphatic heterocycles. The van der Waals surface area contributed by atoms with Crippen molar-refractivity contribution in [1.82, 2.24) is 15.5 Å². The second-order valence-corrected chi connectivity index (χ2v) is 7.60. The van der Waals surface area contributed by atoms with Gasteiger partial charge in [-0.25, -0.2) is 4.79 Å². The van der Waals surface area contributed by atoms with E-state index in [0.717, 1.165) is 33.7 Å². The Morgan fingerprint density at radius 1 is 1.23 bits per heavy atom. The molecule has 2 heterocycles. The standard InChI is InChI=1S/C19H19N3O3S/c23-16(20-11-13-5-2-1-3-6-13)12-22-17(24)19(21-18(22)25)9-4-7-15-14(19)8-10-26-15/h1-3,5-6,8,10H,4,7,9,11-12H2,(H,20,23)(H,21,25)/t19-/m1/s1. The molecule has 4 amide bonds. The van der Waals surface area contributed by atoms with Crippen LogP contribution in [0.3, 0.4) is 0 Å². The Bertz CT molecular complexity index is 864. The van der Waals surface area contributed by atoms with Crippen molar-refractivity contribution in [1.29, 1.82) is 0 Å². The first-order chi connectivity index (χ1) is 12.6. The highest BCUT2D eigenvalue weighted by molar-refractivity contribution is 7.10. The average molecular weight is 369 g/mol. The van der Waals surface area contributed by atoms with Gasteiger partial charge in [0.25, 0.3) is 5.91 Å². The number of hydrogen-bond donors (Lipinski definition) is 2. The first-order valence-electron chi connectivity index (χ1n) is 8.62. The predicted octanol–water partition coefficient (Wildman–Crippen LogP) is 2.15. The molecule has 134 valence electrons. The molecule has 7 heteroatoms. The molecule has 0 unspecified atom stereocenters. The highest BCUT2D eigenvalue weighted by atomic mass is 32.1. The third kappa shape index (κ3) is 2.78. The van der Waals surface area contributed by atoms with Crippen molar-refractivity contribution >= 4 is 29.2 Å². The molecule has 1 aromatic carbocycles. The van der Waals surface area contributed by atoms with E-state index >= 15 is 0 Å². The summed E-state index contributed by atoms with van der Waals surface area (Å²) in [5, 5.41) is 7.57. The van der Waals surface area contributed by atoms with E-state index in [4.69, 9.17) is 0 Å². The van der Waals surface area contributed by atoms with Crippen molar-refractivity contribution in [2.24, 2.45) is 0 Å². The summed E-state index contributed by atoms with van der Waals surface area (Å²) < 4.78 is 0. The second kappa shape index (κ2) is 6.57. The molecule has 2 aliphatic rings. The molecule has 0 bridgehead atoms. The van der Waals surface area contributed by atoms with Crippen molar-refractivity contribution in [3.63, 3.8) is 0 Å². The Morgan fingerprint density at radius 2 is 2.04 bits per heavy atom. The number of imide groups is 1. The molecular weight excluding hydrogens is 350 g/mol. The average Bonchev–Trinajstić information content (AvgIpc) is 3.22. The van der Waals surface area contributed by atoms with Crippen LogP contribution in [0.1, 0.15) is 28.8 Å². The zero-order chi connectivity index (χ0) is 18.1. The zero-order valence-corrected chi connectivity index (χ0v) is 15.0. The van der Waals surface area contributed by atoms with Gasteiger partial charge in [-0.1, -0.05) is 30.3 Å². The van der Waals surface area contributed by atoms with Gasteiger partial charge in [-0.2, -0.15) is 0 Å². The molecule has 1 aromatic heterocycles. The van der Waals surface area contributed by atoms with Gasteiger partial charge >= 0.3 is 6.03 Å². The largest absolute Gasteiger partial charge is 0.350 e. The molecule has 0 saturated carbocycles. The van der Waals surface area contributed by atoms with E-state index < -0.39 is 11.6 Å². The number of fused-ring (bicyclic) bond motifs is 2. The maximum atomic E-state index is 13.0. The number of benzene rings is 1. The summed E-state index contributed by atoms with van der Waals surface area (Å²) >= 11 is 1.61. The molecule has 0 radical (unpaired) electrons.